The third-order valence-electron chi connectivity index (χ3n) is 3.63. The molecule has 1 aliphatic rings. The second-order valence-electron chi connectivity index (χ2n) is 5.31. The van der Waals surface area contributed by atoms with Gasteiger partial charge in [0.2, 0.25) is 10.0 Å². The molecule has 1 aromatic heterocycles. The van der Waals surface area contributed by atoms with Crippen molar-refractivity contribution in [3.05, 3.63) is 59.9 Å². The van der Waals surface area contributed by atoms with Crippen LogP contribution in [0.1, 0.15) is 29.0 Å². The lowest BCUT2D eigenvalue weighted by Gasteiger charge is -2.11. The monoisotopic (exact) mass is 345 g/mol. The molecule has 124 valence electrons. The number of primary sulfonamides is 1. The van der Waals surface area contributed by atoms with Crippen LogP contribution in [-0.4, -0.2) is 29.3 Å². The van der Waals surface area contributed by atoms with E-state index in [1.165, 1.54) is 35.0 Å². The topological polar surface area (TPSA) is 115 Å². The van der Waals surface area contributed by atoms with Crippen LogP contribution in [0.5, 0.6) is 0 Å². The van der Waals surface area contributed by atoms with E-state index >= 15 is 0 Å². The second kappa shape index (κ2) is 6.06. The molecule has 0 saturated heterocycles. The summed E-state index contributed by atoms with van der Waals surface area (Å²) in [5.41, 5.74) is 1.97. The first-order chi connectivity index (χ1) is 11.4. The SMILES string of the molecule is NS(=O)(=O)c1ccc(-n2nc(C(=O)O)cc2C2=CCCC=C2)cc1. The maximum atomic E-state index is 11.3. The number of benzene rings is 1. The van der Waals surface area contributed by atoms with Crippen molar-refractivity contribution < 1.29 is 18.3 Å². The molecule has 0 aliphatic heterocycles. The van der Waals surface area contributed by atoms with Gasteiger partial charge in [-0.25, -0.2) is 23.0 Å². The van der Waals surface area contributed by atoms with Crippen LogP contribution in [0, 0.1) is 0 Å². The molecular weight excluding hydrogens is 330 g/mol. The van der Waals surface area contributed by atoms with E-state index in [-0.39, 0.29) is 10.6 Å². The van der Waals surface area contributed by atoms with Crippen molar-refractivity contribution in [1.29, 1.82) is 0 Å². The fraction of sp³-hybridized carbons (Fsp3) is 0.125. The molecule has 0 unspecified atom stereocenters. The zero-order valence-corrected chi connectivity index (χ0v) is 13.4. The molecule has 1 heterocycles. The maximum Gasteiger partial charge on any atom is 0.356 e. The van der Waals surface area contributed by atoms with Gasteiger partial charge in [0.05, 0.1) is 16.3 Å². The van der Waals surface area contributed by atoms with Gasteiger partial charge in [0.15, 0.2) is 5.69 Å². The predicted octanol–water partition coefficient (Wildman–Crippen LogP) is 1.95. The summed E-state index contributed by atoms with van der Waals surface area (Å²) in [6.45, 7) is 0. The molecule has 1 aromatic carbocycles. The van der Waals surface area contributed by atoms with Gasteiger partial charge in [0, 0.05) is 0 Å². The van der Waals surface area contributed by atoms with E-state index in [2.05, 4.69) is 5.10 Å². The number of aromatic nitrogens is 2. The fourth-order valence-corrected chi connectivity index (χ4v) is 2.98. The molecule has 0 saturated carbocycles. The molecule has 0 radical (unpaired) electrons. The van der Waals surface area contributed by atoms with Crippen LogP contribution in [0.3, 0.4) is 0 Å². The van der Waals surface area contributed by atoms with Crippen LogP contribution < -0.4 is 5.14 Å². The van der Waals surface area contributed by atoms with Gasteiger partial charge in [-0.2, -0.15) is 5.10 Å². The van der Waals surface area contributed by atoms with Gasteiger partial charge < -0.3 is 5.11 Å². The van der Waals surface area contributed by atoms with Crippen LogP contribution in [0.2, 0.25) is 0 Å². The molecule has 24 heavy (non-hydrogen) atoms. The van der Waals surface area contributed by atoms with E-state index in [0.29, 0.717) is 11.4 Å². The third kappa shape index (κ3) is 3.15. The van der Waals surface area contributed by atoms with Crippen LogP contribution in [-0.2, 0) is 10.0 Å². The zero-order chi connectivity index (χ0) is 17.3. The Labute approximate surface area is 138 Å². The van der Waals surface area contributed by atoms with Crippen molar-refractivity contribution in [3.63, 3.8) is 0 Å². The van der Waals surface area contributed by atoms with Gasteiger partial charge in [-0.05, 0) is 48.7 Å². The molecule has 7 nitrogen and oxygen atoms in total. The average molecular weight is 345 g/mol. The highest BCUT2D eigenvalue weighted by Gasteiger charge is 2.17. The Kier molecular flexibility index (Phi) is 4.08. The van der Waals surface area contributed by atoms with Gasteiger partial charge in [-0.3, -0.25) is 0 Å². The minimum atomic E-state index is -3.79. The number of allylic oxidation sites excluding steroid dienone is 4. The second-order valence-corrected chi connectivity index (χ2v) is 6.87. The highest BCUT2D eigenvalue weighted by molar-refractivity contribution is 7.89. The smallest absolute Gasteiger partial charge is 0.356 e. The quantitative estimate of drug-likeness (QED) is 0.879. The molecule has 0 fully saturated rings. The van der Waals surface area contributed by atoms with Gasteiger partial charge in [-0.1, -0.05) is 18.2 Å². The molecule has 3 N–H and O–H groups in total. The first kappa shape index (κ1) is 16.2. The predicted molar refractivity (Wildman–Crippen MR) is 88.2 cm³/mol. The first-order valence-corrected chi connectivity index (χ1v) is 8.74. The van der Waals surface area contributed by atoms with E-state index in [4.69, 9.17) is 5.14 Å². The van der Waals surface area contributed by atoms with Crippen molar-refractivity contribution in [2.75, 3.05) is 0 Å². The Hall–Kier alpha value is -2.71. The first-order valence-electron chi connectivity index (χ1n) is 7.20. The number of nitrogens with two attached hydrogens (primary N) is 1. The lowest BCUT2D eigenvalue weighted by Crippen LogP contribution is -2.12. The van der Waals surface area contributed by atoms with Crippen molar-refractivity contribution in [1.82, 2.24) is 9.78 Å². The van der Waals surface area contributed by atoms with Crippen LogP contribution >= 0.6 is 0 Å². The van der Waals surface area contributed by atoms with E-state index < -0.39 is 16.0 Å². The summed E-state index contributed by atoms with van der Waals surface area (Å²) in [7, 11) is -3.79. The number of rotatable bonds is 4. The number of carboxylic acids is 1. The zero-order valence-electron chi connectivity index (χ0n) is 12.6. The van der Waals surface area contributed by atoms with Gasteiger partial charge in [0.25, 0.3) is 0 Å². The summed E-state index contributed by atoms with van der Waals surface area (Å²) in [5, 5.41) is 18.4. The molecular formula is C16H15N3O4S. The molecule has 1 aliphatic carbocycles. The van der Waals surface area contributed by atoms with Gasteiger partial charge in [0.1, 0.15) is 0 Å². The molecule has 0 atom stereocenters. The average Bonchev–Trinajstić information content (AvgIpc) is 3.00. The van der Waals surface area contributed by atoms with Crippen LogP contribution in [0.4, 0.5) is 0 Å². The number of sulfonamides is 1. The number of nitrogens with zero attached hydrogens (tertiary/aromatic N) is 2. The maximum absolute atomic E-state index is 11.3. The van der Waals surface area contributed by atoms with Gasteiger partial charge >= 0.3 is 5.97 Å². The summed E-state index contributed by atoms with van der Waals surface area (Å²) < 4.78 is 24.2. The van der Waals surface area contributed by atoms with E-state index in [0.717, 1.165) is 18.4 Å². The highest BCUT2D eigenvalue weighted by atomic mass is 32.2. The van der Waals surface area contributed by atoms with Crippen molar-refractivity contribution in [2.45, 2.75) is 17.7 Å². The number of hydrogen-bond donors (Lipinski definition) is 2. The highest BCUT2D eigenvalue weighted by Crippen LogP contribution is 2.25. The molecule has 8 heteroatoms. The fourth-order valence-electron chi connectivity index (χ4n) is 2.47. The minimum absolute atomic E-state index is 0.0183. The summed E-state index contributed by atoms with van der Waals surface area (Å²) in [5.74, 6) is -1.13. The third-order valence-corrected chi connectivity index (χ3v) is 4.56. The Balaban J connectivity index is 2.11. The van der Waals surface area contributed by atoms with Crippen LogP contribution in [0.15, 0.2) is 53.5 Å². The lowest BCUT2D eigenvalue weighted by molar-refractivity contribution is 0.0690. The number of carboxylic acid groups (broad SMARTS) is 1. The summed E-state index contributed by atoms with van der Waals surface area (Å²) in [6.07, 6.45) is 7.74. The molecule has 3 rings (SSSR count). The Morgan fingerprint density at radius 3 is 2.46 bits per heavy atom. The van der Waals surface area contributed by atoms with E-state index in [9.17, 15) is 18.3 Å². The molecule has 0 spiro atoms. The Morgan fingerprint density at radius 2 is 1.92 bits per heavy atom. The summed E-state index contributed by atoms with van der Waals surface area (Å²) >= 11 is 0. The van der Waals surface area contributed by atoms with Crippen LogP contribution in [0.25, 0.3) is 11.3 Å². The van der Waals surface area contributed by atoms with E-state index in [1.807, 2.05) is 18.2 Å². The largest absolute Gasteiger partial charge is 0.476 e. The lowest BCUT2D eigenvalue weighted by atomic mass is 10.0. The summed E-state index contributed by atoms with van der Waals surface area (Å²) in [6, 6.07) is 7.30. The number of aromatic carboxylic acids is 1. The van der Waals surface area contributed by atoms with Gasteiger partial charge in [-0.15, -0.1) is 0 Å². The normalized spacial score (nSPS) is 14.5. The number of hydrogen-bond acceptors (Lipinski definition) is 4. The molecule has 0 amide bonds. The number of carbonyl (C=O) groups is 1. The van der Waals surface area contributed by atoms with Crippen molar-refractivity contribution in [2.24, 2.45) is 5.14 Å². The Morgan fingerprint density at radius 1 is 1.21 bits per heavy atom. The van der Waals surface area contributed by atoms with Crippen molar-refractivity contribution in [3.8, 4) is 5.69 Å². The standard InChI is InChI=1S/C16H15N3O4S/c17-24(22,23)13-8-6-12(7-9-13)19-15(10-14(18-19)16(20)21)11-4-2-1-3-5-11/h2,4-10H,1,3H2,(H,20,21)(H2,17,22,23). The van der Waals surface area contributed by atoms with Crippen molar-refractivity contribution >= 4 is 21.6 Å². The Bertz CT molecular complexity index is 954. The minimum Gasteiger partial charge on any atom is -0.476 e. The van der Waals surface area contributed by atoms with E-state index in [1.54, 1.807) is 0 Å². The molecule has 2 aromatic rings. The molecule has 0 bridgehead atoms. The summed E-state index contributed by atoms with van der Waals surface area (Å²) in [4.78, 5) is 11.2.